The lowest BCUT2D eigenvalue weighted by atomic mass is 9.86. The molecule has 3 nitrogen and oxygen atoms in total. The van der Waals surface area contributed by atoms with Crippen LogP contribution in [0.25, 0.3) is 6.08 Å². The maximum atomic E-state index is 11.9. The highest BCUT2D eigenvalue weighted by molar-refractivity contribution is 5.91. The van der Waals surface area contributed by atoms with Crippen LogP contribution in [0.15, 0.2) is 30.3 Å². The minimum Gasteiger partial charge on any atom is -0.497 e. The number of ether oxygens (including phenoxy) is 1. The molecule has 1 saturated carbocycles. The normalized spacial score (nSPS) is 22.7. The maximum Gasteiger partial charge on any atom is 0.244 e. The van der Waals surface area contributed by atoms with Crippen molar-refractivity contribution in [3.8, 4) is 5.75 Å². The van der Waals surface area contributed by atoms with Crippen LogP contribution in [0.2, 0.25) is 0 Å². The molecule has 1 N–H and O–H groups in total. The molecule has 0 heterocycles. The van der Waals surface area contributed by atoms with Crippen LogP contribution < -0.4 is 10.1 Å². The standard InChI is InChI=1S/C17H23NO2/c1-13-5-3-4-6-16(13)18-17(19)12-9-14-7-10-15(20-2)11-8-14/h7-13,16H,3-6H2,1-2H3,(H,18,19)/b12-9+/t13-,16+/m1/s1. The molecule has 108 valence electrons. The van der Waals surface area contributed by atoms with E-state index >= 15 is 0 Å². The third-order valence-corrected chi connectivity index (χ3v) is 3.98. The molecule has 0 radical (unpaired) electrons. The molecule has 3 heteroatoms. The van der Waals surface area contributed by atoms with Gasteiger partial charge in [-0.2, -0.15) is 0 Å². The van der Waals surface area contributed by atoms with Gasteiger partial charge < -0.3 is 10.1 Å². The van der Waals surface area contributed by atoms with Gasteiger partial charge in [-0.1, -0.05) is 31.9 Å². The highest BCUT2D eigenvalue weighted by atomic mass is 16.5. The van der Waals surface area contributed by atoms with Crippen LogP contribution in [0.1, 0.15) is 38.2 Å². The summed E-state index contributed by atoms with van der Waals surface area (Å²) in [6, 6.07) is 7.98. The number of methoxy groups -OCH3 is 1. The number of nitrogens with one attached hydrogen (secondary N) is 1. The molecular weight excluding hydrogens is 250 g/mol. The van der Waals surface area contributed by atoms with E-state index in [4.69, 9.17) is 4.74 Å². The Labute approximate surface area is 121 Å². The summed E-state index contributed by atoms with van der Waals surface area (Å²) in [5, 5.41) is 3.11. The summed E-state index contributed by atoms with van der Waals surface area (Å²) in [5.74, 6) is 1.41. The van der Waals surface area contributed by atoms with Gasteiger partial charge in [-0.15, -0.1) is 0 Å². The van der Waals surface area contributed by atoms with Crippen LogP contribution in [0.3, 0.4) is 0 Å². The summed E-state index contributed by atoms with van der Waals surface area (Å²) in [6.45, 7) is 2.22. The second-order valence-corrected chi connectivity index (χ2v) is 5.48. The summed E-state index contributed by atoms with van der Waals surface area (Å²) < 4.78 is 5.10. The Kier molecular flexibility index (Phi) is 5.22. The van der Waals surface area contributed by atoms with E-state index in [0.717, 1.165) is 17.7 Å². The molecule has 1 aromatic carbocycles. The van der Waals surface area contributed by atoms with Crippen molar-refractivity contribution in [2.24, 2.45) is 5.92 Å². The van der Waals surface area contributed by atoms with E-state index in [1.54, 1.807) is 13.2 Å². The molecule has 0 aromatic heterocycles. The van der Waals surface area contributed by atoms with Crippen molar-refractivity contribution in [3.05, 3.63) is 35.9 Å². The quantitative estimate of drug-likeness (QED) is 0.854. The smallest absolute Gasteiger partial charge is 0.244 e. The van der Waals surface area contributed by atoms with Crippen LogP contribution in [0.4, 0.5) is 0 Å². The van der Waals surface area contributed by atoms with Gasteiger partial charge in [-0.05, 0) is 42.5 Å². The molecule has 1 aliphatic rings. The third kappa shape index (κ3) is 4.12. The lowest BCUT2D eigenvalue weighted by Gasteiger charge is -2.29. The molecule has 0 unspecified atom stereocenters. The predicted octanol–water partition coefficient (Wildman–Crippen LogP) is 3.40. The van der Waals surface area contributed by atoms with E-state index in [1.165, 1.54) is 19.3 Å². The van der Waals surface area contributed by atoms with Crippen LogP contribution in [-0.2, 0) is 4.79 Å². The Hall–Kier alpha value is -1.77. The Morgan fingerprint density at radius 1 is 1.25 bits per heavy atom. The Bertz CT molecular complexity index is 464. The molecule has 0 saturated heterocycles. The zero-order valence-corrected chi connectivity index (χ0v) is 12.3. The van der Waals surface area contributed by atoms with Crippen LogP contribution in [0, 0.1) is 5.92 Å². The third-order valence-electron chi connectivity index (χ3n) is 3.98. The Balaban J connectivity index is 1.87. The minimum absolute atomic E-state index is 0.000400. The highest BCUT2D eigenvalue weighted by Gasteiger charge is 2.21. The summed E-state index contributed by atoms with van der Waals surface area (Å²) in [4.78, 5) is 11.9. The molecular formula is C17H23NO2. The number of carbonyl (C=O) groups is 1. The first-order chi connectivity index (χ1) is 9.69. The van der Waals surface area contributed by atoms with E-state index in [1.807, 2.05) is 30.3 Å². The van der Waals surface area contributed by atoms with E-state index in [9.17, 15) is 4.79 Å². The van der Waals surface area contributed by atoms with Crippen LogP contribution >= 0.6 is 0 Å². The second-order valence-electron chi connectivity index (χ2n) is 5.48. The van der Waals surface area contributed by atoms with Crippen LogP contribution in [0.5, 0.6) is 5.75 Å². The summed E-state index contributed by atoms with van der Waals surface area (Å²) in [5.41, 5.74) is 0.998. The monoisotopic (exact) mass is 273 g/mol. The molecule has 1 amide bonds. The van der Waals surface area contributed by atoms with E-state index in [2.05, 4.69) is 12.2 Å². The van der Waals surface area contributed by atoms with Crippen molar-refractivity contribution in [1.29, 1.82) is 0 Å². The molecule has 1 aromatic rings. The SMILES string of the molecule is COc1ccc(/C=C/C(=O)N[C@H]2CCCC[C@H]2C)cc1. The molecule has 1 fully saturated rings. The summed E-state index contributed by atoms with van der Waals surface area (Å²) in [6.07, 6.45) is 8.27. The second kappa shape index (κ2) is 7.13. The van der Waals surface area contributed by atoms with Gasteiger partial charge in [-0.25, -0.2) is 0 Å². The first-order valence-electron chi connectivity index (χ1n) is 7.31. The molecule has 2 rings (SSSR count). The topological polar surface area (TPSA) is 38.3 Å². The lowest BCUT2D eigenvalue weighted by molar-refractivity contribution is -0.117. The van der Waals surface area contributed by atoms with Gasteiger partial charge in [0.25, 0.3) is 0 Å². The van der Waals surface area contributed by atoms with Gasteiger partial charge in [0.2, 0.25) is 5.91 Å². The minimum atomic E-state index is -0.000400. The fourth-order valence-electron chi connectivity index (χ4n) is 2.65. The number of amides is 1. The number of hydrogen-bond donors (Lipinski definition) is 1. The molecule has 1 aliphatic carbocycles. The number of rotatable bonds is 4. The fraction of sp³-hybridized carbons (Fsp3) is 0.471. The number of hydrogen-bond acceptors (Lipinski definition) is 2. The van der Waals surface area contributed by atoms with E-state index in [0.29, 0.717) is 12.0 Å². The lowest BCUT2D eigenvalue weighted by Crippen LogP contribution is -2.40. The zero-order chi connectivity index (χ0) is 14.4. The molecule has 0 aliphatic heterocycles. The van der Waals surface area contributed by atoms with Crippen molar-refractivity contribution >= 4 is 12.0 Å². The van der Waals surface area contributed by atoms with Crippen molar-refractivity contribution in [3.63, 3.8) is 0 Å². The van der Waals surface area contributed by atoms with Crippen molar-refractivity contribution in [2.75, 3.05) is 7.11 Å². The van der Waals surface area contributed by atoms with E-state index in [-0.39, 0.29) is 5.91 Å². The molecule has 0 spiro atoms. The van der Waals surface area contributed by atoms with Crippen LogP contribution in [-0.4, -0.2) is 19.1 Å². The van der Waals surface area contributed by atoms with Crippen molar-refractivity contribution in [1.82, 2.24) is 5.32 Å². The van der Waals surface area contributed by atoms with Crippen molar-refractivity contribution in [2.45, 2.75) is 38.6 Å². The first kappa shape index (κ1) is 14.6. The number of benzene rings is 1. The highest BCUT2D eigenvalue weighted by Crippen LogP contribution is 2.23. The zero-order valence-electron chi connectivity index (χ0n) is 12.3. The average molecular weight is 273 g/mol. The van der Waals surface area contributed by atoms with Gasteiger partial charge in [0, 0.05) is 12.1 Å². The first-order valence-corrected chi connectivity index (χ1v) is 7.31. The fourth-order valence-corrected chi connectivity index (χ4v) is 2.65. The van der Waals surface area contributed by atoms with Gasteiger partial charge >= 0.3 is 0 Å². The molecule has 2 atom stereocenters. The van der Waals surface area contributed by atoms with Crippen molar-refractivity contribution < 1.29 is 9.53 Å². The maximum absolute atomic E-state index is 11.9. The van der Waals surface area contributed by atoms with Gasteiger partial charge in [0.05, 0.1) is 7.11 Å². The van der Waals surface area contributed by atoms with Gasteiger partial charge in [-0.3, -0.25) is 4.79 Å². The summed E-state index contributed by atoms with van der Waals surface area (Å²) in [7, 11) is 1.64. The summed E-state index contributed by atoms with van der Waals surface area (Å²) >= 11 is 0. The Morgan fingerprint density at radius 2 is 1.95 bits per heavy atom. The van der Waals surface area contributed by atoms with Gasteiger partial charge in [0.1, 0.15) is 5.75 Å². The average Bonchev–Trinajstić information content (AvgIpc) is 2.48. The predicted molar refractivity (Wildman–Crippen MR) is 81.6 cm³/mol. The Morgan fingerprint density at radius 3 is 2.60 bits per heavy atom. The largest absolute Gasteiger partial charge is 0.497 e. The molecule has 20 heavy (non-hydrogen) atoms. The van der Waals surface area contributed by atoms with E-state index < -0.39 is 0 Å². The molecule has 0 bridgehead atoms. The number of carbonyl (C=O) groups excluding carboxylic acids is 1. The van der Waals surface area contributed by atoms with Gasteiger partial charge in [0.15, 0.2) is 0 Å².